The average Bonchev–Trinajstić information content (AvgIpc) is 3.06. The lowest BCUT2D eigenvalue weighted by Gasteiger charge is -2.50. The second-order valence-corrected chi connectivity index (χ2v) is 16.5. The summed E-state index contributed by atoms with van der Waals surface area (Å²) in [7, 11) is -4.08. The molecule has 1 amide bonds. The van der Waals surface area contributed by atoms with Crippen molar-refractivity contribution in [1.29, 1.82) is 0 Å². The van der Waals surface area contributed by atoms with Crippen LogP contribution in [-0.2, 0) is 21.9 Å². The summed E-state index contributed by atoms with van der Waals surface area (Å²) in [5.74, 6) is -0.338. The van der Waals surface area contributed by atoms with Crippen LogP contribution >= 0.6 is 11.6 Å². The van der Waals surface area contributed by atoms with Crippen molar-refractivity contribution >= 4 is 33.2 Å². The fourth-order valence-corrected chi connectivity index (χ4v) is 10.4. The minimum absolute atomic E-state index is 0.0638. The quantitative estimate of drug-likeness (QED) is 0.246. The van der Waals surface area contributed by atoms with E-state index < -0.39 is 36.1 Å². The number of carbonyl (C=O) groups is 1. The van der Waals surface area contributed by atoms with E-state index in [1.807, 2.05) is 18.2 Å². The van der Waals surface area contributed by atoms with Crippen LogP contribution in [0.15, 0.2) is 61.7 Å². The van der Waals surface area contributed by atoms with Gasteiger partial charge in [0.15, 0.2) is 11.4 Å². The number of nitrogens with zero attached hydrogens (tertiary/aromatic N) is 1. The summed E-state index contributed by atoms with van der Waals surface area (Å²) in [6.07, 6.45) is 7.50. The van der Waals surface area contributed by atoms with Crippen molar-refractivity contribution < 1.29 is 23.1 Å². The fraction of sp³-hybridized carbons (Fsp3) is 0.500. The molecule has 0 bridgehead atoms. The van der Waals surface area contributed by atoms with E-state index in [4.69, 9.17) is 22.1 Å². The number of primary amides is 1. The molecule has 0 saturated heterocycles. The number of allylic oxidation sites excluding steroid dienone is 1. The maximum Gasteiger partial charge on any atom is 0.307 e. The summed E-state index contributed by atoms with van der Waals surface area (Å²) in [5.41, 5.74) is 7.94. The summed E-state index contributed by atoms with van der Waals surface area (Å²) in [6.45, 7) is 11.9. The van der Waals surface area contributed by atoms with Crippen molar-refractivity contribution in [2.75, 3.05) is 19.7 Å². The van der Waals surface area contributed by atoms with Crippen LogP contribution in [-0.4, -0.2) is 50.0 Å². The summed E-state index contributed by atoms with van der Waals surface area (Å²) in [6, 6.07) is 10.8. The van der Waals surface area contributed by atoms with Gasteiger partial charge in [-0.05, 0) is 100 Å². The van der Waals surface area contributed by atoms with Crippen LogP contribution in [0.4, 0.5) is 5.69 Å². The number of sulfonamides is 1. The van der Waals surface area contributed by atoms with Crippen LogP contribution in [0.5, 0.6) is 5.75 Å². The van der Waals surface area contributed by atoms with Gasteiger partial charge < -0.3 is 15.6 Å². The first-order chi connectivity index (χ1) is 20.3. The van der Waals surface area contributed by atoms with Crippen molar-refractivity contribution in [3.8, 4) is 5.75 Å². The van der Waals surface area contributed by atoms with Gasteiger partial charge in [0.25, 0.3) is 0 Å². The maximum atomic E-state index is 15.4. The van der Waals surface area contributed by atoms with Crippen molar-refractivity contribution in [2.45, 2.75) is 75.1 Å². The number of hydrogen-bond donors (Lipinski definition) is 2. The van der Waals surface area contributed by atoms with Crippen molar-refractivity contribution in [2.24, 2.45) is 17.6 Å². The number of quaternary nitrogens is 1. The predicted octanol–water partition coefficient (Wildman–Crippen LogP) is 6.06. The zero-order valence-electron chi connectivity index (χ0n) is 25.2. The molecule has 2 aliphatic carbocycles. The van der Waals surface area contributed by atoms with Gasteiger partial charge in [-0.25, -0.2) is 0 Å². The molecule has 1 fully saturated rings. The lowest BCUT2D eigenvalue weighted by atomic mass is 9.68. The molecule has 5 rings (SSSR count). The first-order valence-electron chi connectivity index (χ1n) is 15.2. The highest BCUT2D eigenvalue weighted by atomic mass is 35.5. The van der Waals surface area contributed by atoms with Gasteiger partial charge in [-0.3, -0.25) is 4.79 Å². The monoisotopic (exact) mass is 627 g/mol. The van der Waals surface area contributed by atoms with E-state index in [1.165, 1.54) is 0 Å². The van der Waals surface area contributed by atoms with Gasteiger partial charge in [0.2, 0.25) is 5.91 Å². The van der Waals surface area contributed by atoms with Gasteiger partial charge >= 0.3 is 10.0 Å². The minimum Gasteiger partial charge on any atom is -0.486 e. The van der Waals surface area contributed by atoms with Crippen LogP contribution in [0.1, 0.15) is 73.9 Å². The molecular formula is C34H44ClN2O5S+. The zero-order valence-corrected chi connectivity index (χ0v) is 26.8. The normalized spacial score (nSPS) is 27.5. The lowest BCUT2D eigenvalue weighted by molar-refractivity contribution is 0.00651. The van der Waals surface area contributed by atoms with Crippen LogP contribution in [0, 0.1) is 11.8 Å². The van der Waals surface area contributed by atoms with Crippen LogP contribution in [0.2, 0.25) is 5.02 Å². The molecule has 5 atom stereocenters. The number of carbonyl (C=O) groups excluding carboxylic acids is 1. The van der Waals surface area contributed by atoms with Gasteiger partial charge in [0.1, 0.15) is 24.4 Å². The minimum atomic E-state index is -4.08. The Morgan fingerprint density at radius 3 is 2.65 bits per heavy atom. The molecule has 2 aromatic rings. The van der Waals surface area contributed by atoms with Crippen LogP contribution in [0.3, 0.4) is 0 Å². The maximum absolute atomic E-state index is 15.4. The molecule has 1 unspecified atom stereocenters. The van der Waals surface area contributed by atoms with Crippen LogP contribution in [0.25, 0.3) is 0 Å². The molecule has 1 aliphatic heterocycles. The first kappa shape index (κ1) is 31.8. The second-order valence-electron chi connectivity index (χ2n) is 13.3. The molecule has 0 aromatic heterocycles. The number of ether oxygens (including phenoxy) is 1. The first-order valence-corrected chi connectivity index (χ1v) is 17.0. The third-order valence-corrected chi connectivity index (χ3v) is 13.4. The van der Waals surface area contributed by atoms with Crippen LogP contribution < -0.4 is 14.4 Å². The molecular weight excluding hydrogens is 584 g/mol. The molecule has 1 heterocycles. The van der Waals surface area contributed by atoms with Gasteiger partial charge in [-0.2, -0.15) is 12.3 Å². The Morgan fingerprint density at radius 2 is 2.00 bits per heavy atom. The second kappa shape index (κ2) is 11.7. The molecule has 0 radical (unpaired) electrons. The Balaban J connectivity index is 1.80. The van der Waals surface area contributed by atoms with Gasteiger partial charge in [0, 0.05) is 22.6 Å². The van der Waals surface area contributed by atoms with E-state index in [2.05, 4.69) is 13.2 Å². The van der Waals surface area contributed by atoms with E-state index in [9.17, 15) is 9.90 Å². The predicted molar refractivity (Wildman–Crippen MR) is 173 cm³/mol. The number of nitrogens with two attached hydrogens (primary N) is 1. The summed E-state index contributed by atoms with van der Waals surface area (Å²) >= 11 is 6.43. The number of benzene rings is 2. The highest BCUT2D eigenvalue weighted by Gasteiger charge is 2.61. The SMILES string of the molecule is C=CC[C@H](O)[C@@H]1CC[C@H]1C[N@+]1(S(=O)(=O)C(C)(C)CC=C)CC2(CCCc3cc(Cl)ccc32)COc2ccc(C(N)=O)cc21. The van der Waals surface area contributed by atoms with Gasteiger partial charge in [-0.1, -0.05) is 29.8 Å². The number of aliphatic hydroxyl groups is 1. The molecule has 2 aromatic carbocycles. The lowest BCUT2D eigenvalue weighted by Crippen LogP contribution is -2.67. The molecule has 1 saturated carbocycles. The van der Waals surface area contributed by atoms with E-state index in [1.54, 1.807) is 44.2 Å². The molecule has 1 spiro atoms. The third-order valence-electron chi connectivity index (χ3n) is 10.2. The standard InChI is InChI=1S/C34H43ClN2O5S/c1-5-8-30(38)27-13-10-25(27)20-37(43(40,41)33(3,4)16-6-2)21-34(17-7-9-23-18-26(35)12-14-28(23)34)22-42-31-15-11-24(32(36)39)19-29(31)37/h5-6,11-12,14-15,18-19,25,27,30,38H,1-2,7-10,13,16-17,20-22H2,3-4H3,(H-,36,39)/p+1/t25-,27+,30-,34?,37-/m0/s1. The molecule has 7 nitrogen and oxygen atoms in total. The Bertz CT molecular complexity index is 1540. The number of aryl methyl sites for hydroxylation is 1. The van der Waals surface area contributed by atoms with E-state index in [0.29, 0.717) is 22.9 Å². The van der Waals surface area contributed by atoms with Gasteiger partial charge in [0.05, 0.1) is 11.5 Å². The Kier molecular flexibility index (Phi) is 8.64. The summed E-state index contributed by atoms with van der Waals surface area (Å²) in [5, 5.41) is 11.7. The van der Waals surface area contributed by atoms with E-state index >= 15 is 8.42 Å². The number of halogens is 1. The van der Waals surface area contributed by atoms with Crippen molar-refractivity contribution in [3.05, 3.63) is 83.4 Å². The molecule has 9 heteroatoms. The number of amides is 1. The fourth-order valence-electron chi connectivity index (χ4n) is 7.75. The topological polar surface area (TPSA) is 107 Å². The largest absolute Gasteiger partial charge is 0.486 e. The number of aliphatic hydroxyl groups excluding tert-OH is 1. The van der Waals surface area contributed by atoms with E-state index in [-0.39, 0.29) is 43.5 Å². The molecule has 3 aliphatic rings. The average molecular weight is 628 g/mol. The Labute approximate surface area is 261 Å². The highest BCUT2D eigenvalue weighted by Crippen LogP contribution is 2.53. The number of rotatable bonds is 10. The summed E-state index contributed by atoms with van der Waals surface area (Å²) in [4.78, 5) is 12.5. The molecule has 232 valence electrons. The number of hydrogen-bond acceptors (Lipinski definition) is 5. The Hall–Kier alpha value is -2.65. The molecule has 43 heavy (non-hydrogen) atoms. The third kappa shape index (κ3) is 5.34. The summed E-state index contributed by atoms with van der Waals surface area (Å²) < 4.78 is 35.9. The molecule has 3 N–H and O–H groups in total. The van der Waals surface area contributed by atoms with E-state index in [0.717, 1.165) is 43.2 Å². The van der Waals surface area contributed by atoms with Crippen molar-refractivity contribution in [3.63, 3.8) is 0 Å². The highest BCUT2D eigenvalue weighted by molar-refractivity contribution is 7.92. The smallest absolute Gasteiger partial charge is 0.307 e. The van der Waals surface area contributed by atoms with Crippen molar-refractivity contribution in [1.82, 2.24) is 3.89 Å². The Morgan fingerprint density at radius 1 is 1.23 bits per heavy atom. The zero-order chi connectivity index (χ0) is 31.2. The number of fused-ring (bicyclic) bond motifs is 3. The van der Waals surface area contributed by atoms with Gasteiger partial charge in [-0.15, -0.1) is 13.2 Å².